The van der Waals surface area contributed by atoms with Gasteiger partial charge < -0.3 is 4.74 Å². The van der Waals surface area contributed by atoms with E-state index in [9.17, 15) is 9.59 Å². The first-order chi connectivity index (χ1) is 15.7. The lowest BCUT2D eigenvalue weighted by molar-refractivity contribution is -0.135. The summed E-state index contributed by atoms with van der Waals surface area (Å²) in [5.74, 6) is 0.177. The lowest BCUT2D eigenvalue weighted by atomic mass is 9.65. The number of amides is 2. The van der Waals surface area contributed by atoms with Crippen LogP contribution in [0.15, 0.2) is 53.5 Å². The maximum Gasteiger partial charge on any atom is 0.414 e. The van der Waals surface area contributed by atoms with Gasteiger partial charge in [0, 0.05) is 12.5 Å². The number of likely N-dealkylation sites (N-methyl/N-ethyl adjacent to an activating group) is 1. The number of benzene rings is 2. The average molecular weight is 446 g/mol. The summed E-state index contributed by atoms with van der Waals surface area (Å²) in [7, 11) is 1.69. The molecule has 1 atom stereocenters. The molecule has 6 heteroatoms. The van der Waals surface area contributed by atoms with Crippen LogP contribution in [0.1, 0.15) is 55.9 Å². The summed E-state index contributed by atoms with van der Waals surface area (Å²) in [6.07, 6.45) is 3.75. The lowest BCUT2D eigenvalue weighted by Gasteiger charge is -2.40. The number of hydrogen-bond acceptors (Lipinski definition) is 4. The number of rotatable bonds is 0. The van der Waals surface area contributed by atoms with Crippen LogP contribution >= 0.6 is 0 Å². The Labute approximate surface area is 195 Å². The van der Waals surface area contributed by atoms with Gasteiger partial charge in [-0.05, 0) is 75.1 Å². The number of guanidine groups is 1. The first-order valence-corrected chi connectivity index (χ1v) is 11.7. The molecular formula is C27H31N3O3. The smallest absolute Gasteiger partial charge is 0.414 e. The topological polar surface area (TPSA) is 71.0 Å². The van der Waals surface area contributed by atoms with E-state index in [4.69, 9.17) is 9.73 Å². The third-order valence-electron chi connectivity index (χ3n) is 7.39. The number of carbonyl (C=O) groups is 2. The number of alkyl carbamates (subject to hydrolysis) is 1. The molecule has 0 saturated heterocycles. The predicted octanol–water partition coefficient (Wildman–Crippen LogP) is 4.36. The molecule has 1 aliphatic heterocycles. The maximum absolute atomic E-state index is 14.0. The molecule has 2 spiro atoms. The van der Waals surface area contributed by atoms with Gasteiger partial charge in [0.15, 0.2) is 5.54 Å². The monoisotopic (exact) mass is 445 g/mol. The van der Waals surface area contributed by atoms with Gasteiger partial charge in [0.05, 0.1) is 0 Å². The number of fused-ring (bicyclic) bond motifs is 4. The lowest BCUT2D eigenvalue weighted by Crippen LogP contribution is -2.50. The van der Waals surface area contributed by atoms with E-state index < -0.39 is 17.2 Å². The number of aryl methyl sites for hydroxylation is 2. The summed E-state index contributed by atoms with van der Waals surface area (Å²) in [6, 6.07) is 16.7. The van der Waals surface area contributed by atoms with E-state index in [1.165, 1.54) is 21.6 Å². The van der Waals surface area contributed by atoms with Crippen molar-refractivity contribution in [2.45, 2.75) is 64.0 Å². The Morgan fingerprint density at radius 3 is 2.18 bits per heavy atom. The molecule has 2 amide bonds. The first-order valence-electron chi connectivity index (χ1n) is 11.7. The van der Waals surface area contributed by atoms with Crippen LogP contribution in [0.5, 0.6) is 0 Å². The fraction of sp³-hybridized carbons (Fsp3) is 0.444. The third-order valence-corrected chi connectivity index (χ3v) is 7.39. The Bertz CT molecular complexity index is 1140. The number of carbonyl (C=O) groups excluding carboxylic acids is 2. The molecule has 5 rings (SSSR count). The number of ether oxygens (including phenoxy) is 1. The quantitative estimate of drug-likeness (QED) is 0.655. The molecule has 0 radical (unpaired) electrons. The van der Waals surface area contributed by atoms with Crippen LogP contribution in [0.3, 0.4) is 0 Å². The van der Waals surface area contributed by atoms with Crippen molar-refractivity contribution >= 4 is 18.0 Å². The molecule has 2 aromatic rings. The maximum atomic E-state index is 14.0. The van der Waals surface area contributed by atoms with Crippen LogP contribution in [-0.2, 0) is 34.3 Å². The molecule has 0 saturated carbocycles. The van der Waals surface area contributed by atoms with Crippen molar-refractivity contribution in [3.63, 3.8) is 0 Å². The molecule has 1 heterocycles. The standard InChI is InChI=1S/C27H31N3O3/c1-25(2,3)33-24(32)28-23-29-27(22(31)30(23)4)21-12-8-7-11-20(21)17-26(27)15-13-18-9-5-6-10-19(18)14-16-26/h5-12H,13-17H2,1-4H3,(H,28,29,32). The van der Waals surface area contributed by atoms with Crippen LogP contribution in [-0.4, -0.2) is 35.5 Å². The van der Waals surface area contributed by atoms with Crippen LogP contribution < -0.4 is 5.32 Å². The Kier molecular flexibility index (Phi) is 4.89. The van der Waals surface area contributed by atoms with Crippen molar-refractivity contribution in [3.8, 4) is 0 Å². The predicted molar refractivity (Wildman–Crippen MR) is 127 cm³/mol. The SMILES string of the molecule is CN1C(=O)C2(N=C1NC(=O)OC(C)(C)C)c1ccccc1CC21CCc2ccccc2CC1. The minimum Gasteiger partial charge on any atom is -0.444 e. The van der Waals surface area contributed by atoms with Crippen molar-refractivity contribution in [2.24, 2.45) is 10.4 Å². The second-order valence-corrected chi connectivity index (χ2v) is 10.5. The molecule has 0 fully saturated rings. The molecule has 1 N–H and O–H groups in total. The van der Waals surface area contributed by atoms with Gasteiger partial charge in [0.25, 0.3) is 5.91 Å². The normalized spacial score (nSPS) is 23.2. The van der Waals surface area contributed by atoms with Crippen LogP contribution in [0.25, 0.3) is 0 Å². The van der Waals surface area contributed by atoms with Gasteiger partial charge in [-0.2, -0.15) is 0 Å². The summed E-state index contributed by atoms with van der Waals surface area (Å²) < 4.78 is 5.43. The van der Waals surface area contributed by atoms with Gasteiger partial charge in [-0.15, -0.1) is 0 Å². The number of aliphatic imine (C=N–C) groups is 1. The van der Waals surface area contributed by atoms with Gasteiger partial charge in [-0.25, -0.2) is 9.79 Å². The van der Waals surface area contributed by atoms with Crippen molar-refractivity contribution in [3.05, 3.63) is 70.8 Å². The van der Waals surface area contributed by atoms with Crippen LogP contribution in [0.2, 0.25) is 0 Å². The summed E-state index contributed by atoms with van der Waals surface area (Å²) >= 11 is 0. The van der Waals surface area contributed by atoms with Crippen LogP contribution in [0, 0.1) is 5.41 Å². The molecule has 33 heavy (non-hydrogen) atoms. The Morgan fingerprint density at radius 1 is 1.00 bits per heavy atom. The highest BCUT2D eigenvalue weighted by atomic mass is 16.6. The van der Waals surface area contributed by atoms with Crippen molar-refractivity contribution in [1.29, 1.82) is 0 Å². The summed E-state index contributed by atoms with van der Waals surface area (Å²) in [5, 5.41) is 2.75. The first kappa shape index (κ1) is 21.7. The van der Waals surface area contributed by atoms with E-state index in [0.717, 1.165) is 37.7 Å². The Balaban J connectivity index is 1.59. The molecule has 0 bridgehead atoms. The zero-order valence-electron chi connectivity index (χ0n) is 19.8. The third kappa shape index (κ3) is 3.35. The van der Waals surface area contributed by atoms with E-state index in [2.05, 4.69) is 35.6 Å². The number of hydrogen-bond donors (Lipinski definition) is 1. The van der Waals surface area contributed by atoms with Crippen LogP contribution in [0.4, 0.5) is 4.79 Å². The number of nitrogens with one attached hydrogen (secondary N) is 1. The number of nitrogens with zero attached hydrogens (tertiary/aromatic N) is 2. The van der Waals surface area contributed by atoms with Gasteiger partial charge in [-0.1, -0.05) is 48.5 Å². The fourth-order valence-corrected chi connectivity index (χ4v) is 5.91. The molecule has 2 aromatic carbocycles. The molecule has 0 aromatic heterocycles. The zero-order valence-corrected chi connectivity index (χ0v) is 19.8. The molecule has 172 valence electrons. The van der Waals surface area contributed by atoms with E-state index in [1.807, 2.05) is 39.0 Å². The second-order valence-electron chi connectivity index (χ2n) is 10.5. The highest BCUT2D eigenvalue weighted by Gasteiger charge is 2.65. The minimum absolute atomic E-state index is 0.0792. The highest BCUT2D eigenvalue weighted by Crippen LogP contribution is 2.60. The largest absolute Gasteiger partial charge is 0.444 e. The van der Waals surface area contributed by atoms with Gasteiger partial charge in [0.2, 0.25) is 5.96 Å². The van der Waals surface area contributed by atoms with Gasteiger partial charge in [-0.3, -0.25) is 15.0 Å². The van der Waals surface area contributed by atoms with E-state index in [0.29, 0.717) is 0 Å². The van der Waals surface area contributed by atoms with E-state index in [1.54, 1.807) is 7.05 Å². The summed E-state index contributed by atoms with van der Waals surface area (Å²) in [4.78, 5) is 33.1. The molecule has 1 unspecified atom stereocenters. The van der Waals surface area contributed by atoms with Crippen molar-refractivity contribution in [2.75, 3.05) is 7.05 Å². The second kappa shape index (κ2) is 7.44. The molecule has 6 nitrogen and oxygen atoms in total. The fourth-order valence-electron chi connectivity index (χ4n) is 5.91. The van der Waals surface area contributed by atoms with Gasteiger partial charge >= 0.3 is 6.09 Å². The van der Waals surface area contributed by atoms with E-state index >= 15 is 0 Å². The summed E-state index contributed by atoms with van der Waals surface area (Å²) in [6.45, 7) is 5.43. The highest BCUT2D eigenvalue weighted by molar-refractivity contribution is 6.12. The molecule has 2 aliphatic carbocycles. The Hall–Kier alpha value is -3.15. The minimum atomic E-state index is -1.04. The zero-order chi connectivity index (χ0) is 23.4. The van der Waals surface area contributed by atoms with E-state index in [-0.39, 0.29) is 17.3 Å². The average Bonchev–Trinajstić information content (AvgIpc) is 3.07. The van der Waals surface area contributed by atoms with Crippen molar-refractivity contribution in [1.82, 2.24) is 10.2 Å². The van der Waals surface area contributed by atoms with Crippen molar-refractivity contribution < 1.29 is 14.3 Å². The van der Waals surface area contributed by atoms with Gasteiger partial charge in [0.1, 0.15) is 5.60 Å². The molecular weight excluding hydrogens is 414 g/mol. The molecule has 3 aliphatic rings. The summed E-state index contributed by atoms with van der Waals surface area (Å²) in [5.41, 5.74) is 2.83. The Morgan fingerprint density at radius 2 is 1.58 bits per heavy atom.